The second-order valence-electron chi connectivity index (χ2n) is 5.89. The van der Waals surface area contributed by atoms with Gasteiger partial charge in [0.1, 0.15) is 12.3 Å². The topological polar surface area (TPSA) is 90.0 Å². The van der Waals surface area contributed by atoms with E-state index < -0.39 is 35.1 Å². The zero-order chi connectivity index (χ0) is 21.6. The van der Waals surface area contributed by atoms with Gasteiger partial charge in [-0.25, -0.2) is 12.7 Å². The van der Waals surface area contributed by atoms with Crippen LogP contribution in [0.25, 0.3) is 0 Å². The fourth-order valence-corrected chi connectivity index (χ4v) is 4.07. The molecule has 0 heterocycles. The zero-order valence-corrected chi connectivity index (χ0v) is 18.1. The molecule has 156 valence electrons. The molecule has 0 bridgehead atoms. The van der Waals surface area contributed by atoms with Crippen molar-refractivity contribution in [2.75, 3.05) is 19.8 Å². The summed E-state index contributed by atoms with van der Waals surface area (Å²) in [6, 6.07) is 10.3. The van der Waals surface area contributed by atoms with E-state index in [2.05, 4.69) is 0 Å². The van der Waals surface area contributed by atoms with E-state index in [4.69, 9.17) is 32.7 Å². The third-order valence-electron chi connectivity index (χ3n) is 3.71. The van der Waals surface area contributed by atoms with Gasteiger partial charge in [0, 0.05) is 5.02 Å². The monoisotopic (exact) mass is 459 g/mol. The van der Waals surface area contributed by atoms with Crippen LogP contribution in [0.2, 0.25) is 10.0 Å². The van der Waals surface area contributed by atoms with Gasteiger partial charge in [-0.2, -0.15) is 0 Å². The van der Waals surface area contributed by atoms with Crippen molar-refractivity contribution in [2.24, 2.45) is 0 Å². The summed E-state index contributed by atoms with van der Waals surface area (Å²) >= 11 is 11.8. The summed E-state index contributed by atoms with van der Waals surface area (Å²) in [6.45, 7) is 1.97. The Labute approximate surface area is 179 Å². The van der Waals surface area contributed by atoms with Gasteiger partial charge in [-0.15, -0.1) is 0 Å². The van der Waals surface area contributed by atoms with Crippen molar-refractivity contribution >= 4 is 45.1 Å². The molecule has 0 fully saturated rings. The maximum Gasteiger partial charge on any atom is 0.326 e. The zero-order valence-electron chi connectivity index (χ0n) is 15.7. The Hall–Kier alpha value is -2.29. The first-order valence-electron chi connectivity index (χ1n) is 8.51. The summed E-state index contributed by atoms with van der Waals surface area (Å²) in [7, 11) is -4.30. The highest BCUT2D eigenvalue weighted by Crippen LogP contribution is 2.27. The van der Waals surface area contributed by atoms with Crippen LogP contribution in [0.4, 0.5) is 0 Å². The molecular weight excluding hydrogens is 441 g/mol. The molecule has 0 N–H and O–H groups in total. The third kappa shape index (κ3) is 6.09. The van der Waals surface area contributed by atoms with Crippen LogP contribution >= 0.6 is 23.2 Å². The minimum absolute atomic E-state index is 0.0440. The molecular formula is C19H19Cl2NO6S. The normalized spacial score (nSPS) is 11.0. The van der Waals surface area contributed by atoms with Gasteiger partial charge in [0.15, 0.2) is 6.61 Å². The number of amides is 1. The van der Waals surface area contributed by atoms with Gasteiger partial charge in [0.25, 0.3) is 15.9 Å². The number of hydrogen-bond acceptors (Lipinski definition) is 6. The molecule has 0 aliphatic rings. The minimum Gasteiger partial charge on any atom is -0.482 e. The number of aryl methyl sites for hydroxylation is 1. The highest BCUT2D eigenvalue weighted by Gasteiger charge is 2.32. The molecule has 0 unspecified atom stereocenters. The molecule has 0 spiro atoms. The predicted molar refractivity (Wildman–Crippen MR) is 109 cm³/mol. The predicted octanol–water partition coefficient (Wildman–Crippen LogP) is 3.46. The summed E-state index contributed by atoms with van der Waals surface area (Å²) in [4.78, 5) is 24.4. The molecule has 2 rings (SSSR count). The van der Waals surface area contributed by atoms with Gasteiger partial charge in [0.05, 0.1) is 16.5 Å². The highest BCUT2D eigenvalue weighted by atomic mass is 35.5. The van der Waals surface area contributed by atoms with Crippen LogP contribution in [0.15, 0.2) is 47.4 Å². The maximum absolute atomic E-state index is 12.9. The minimum atomic E-state index is -4.30. The summed E-state index contributed by atoms with van der Waals surface area (Å²) in [6.07, 6.45) is 0. The number of ether oxygens (including phenoxy) is 2. The number of hydrogen-bond donors (Lipinski definition) is 0. The number of esters is 1. The van der Waals surface area contributed by atoms with Gasteiger partial charge in [-0.1, -0.05) is 40.9 Å². The number of carbonyl (C=O) groups is 2. The lowest BCUT2D eigenvalue weighted by Crippen LogP contribution is -2.43. The lowest BCUT2D eigenvalue weighted by atomic mass is 10.2. The fourth-order valence-electron chi connectivity index (χ4n) is 2.27. The summed E-state index contributed by atoms with van der Waals surface area (Å²) in [5.74, 6) is -1.67. The van der Waals surface area contributed by atoms with Crippen LogP contribution in [0.3, 0.4) is 0 Å². The Bertz CT molecular complexity index is 992. The average Bonchev–Trinajstić information content (AvgIpc) is 2.65. The van der Waals surface area contributed by atoms with Gasteiger partial charge in [0.2, 0.25) is 0 Å². The molecule has 0 radical (unpaired) electrons. The van der Waals surface area contributed by atoms with Crippen molar-refractivity contribution in [2.45, 2.75) is 18.7 Å². The van der Waals surface area contributed by atoms with E-state index in [1.54, 1.807) is 26.0 Å². The first kappa shape index (κ1) is 23.0. The molecule has 0 aliphatic carbocycles. The summed E-state index contributed by atoms with van der Waals surface area (Å²) in [5, 5.41) is 0.531. The molecule has 0 saturated carbocycles. The van der Waals surface area contributed by atoms with E-state index in [0.717, 1.165) is 5.56 Å². The van der Waals surface area contributed by atoms with Gasteiger partial charge >= 0.3 is 5.97 Å². The Morgan fingerprint density at radius 2 is 1.72 bits per heavy atom. The SMILES string of the molecule is CCOC(=O)CN(C(=O)COc1ccc(Cl)cc1Cl)S(=O)(=O)c1ccc(C)cc1. The van der Waals surface area contributed by atoms with Crippen molar-refractivity contribution in [3.8, 4) is 5.75 Å². The van der Waals surface area contributed by atoms with Gasteiger partial charge in [-0.3, -0.25) is 9.59 Å². The van der Waals surface area contributed by atoms with Gasteiger partial charge < -0.3 is 9.47 Å². The van der Waals surface area contributed by atoms with Crippen LogP contribution in [-0.4, -0.2) is 44.4 Å². The number of sulfonamides is 1. The number of halogens is 2. The number of nitrogens with zero attached hydrogens (tertiary/aromatic N) is 1. The van der Waals surface area contributed by atoms with Crippen LogP contribution in [0.1, 0.15) is 12.5 Å². The quantitative estimate of drug-likeness (QED) is 0.561. The van der Waals surface area contributed by atoms with Crippen molar-refractivity contribution < 1.29 is 27.5 Å². The lowest BCUT2D eigenvalue weighted by Gasteiger charge is -2.22. The Kier molecular flexibility index (Phi) is 7.89. The average molecular weight is 460 g/mol. The van der Waals surface area contributed by atoms with Crippen LogP contribution in [0.5, 0.6) is 5.75 Å². The van der Waals surface area contributed by atoms with E-state index in [9.17, 15) is 18.0 Å². The number of rotatable bonds is 8. The molecule has 0 aromatic heterocycles. The molecule has 10 heteroatoms. The second kappa shape index (κ2) is 9.96. The van der Waals surface area contributed by atoms with Crippen molar-refractivity contribution in [3.05, 3.63) is 58.1 Å². The van der Waals surface area contributed by atoms with Crippen molar-refractivity contribution in [1.82, 2.24) is 4.31 Å². The highest BCUT2D eigenvalue weighted by molar-refractivity contribution is 7.89. The number of carbonyl (C=O) groups excluding carboxylic acids is 2. The van der Waals surface area contributed by atoms with E-state index in [0.29, 0.717) is 9.33 Å². The van der Waals surface area contributed by atoms with E-state index in [1.165, 1.54) is 30.3 Å². The molecule has 7 nitrogen and oxygen atoms in total. The molecule has 0 aliphatic heterocycles. The Morgan fingerprint density at radius 1 is 1.07 bits per heavy atom. The van der Waals surface area contributed by atoms with Crippen LogP contribution in [0, 0.1) is 6.92 Å². The fraction of sp³-hybridized carbons (Fsp3) is 0.263. The first-order chi connectivity index (χ1) is 13.6. The van der Waals surface area contributed by atoms with Crippen LogP contribution in [-0.2, 0) is 24.3 Å². The standard InChI is InChI=1S/C19H19Cl2NO6S/c1-3-27-19(24)11-22(29(25,26)15-7-4-13(2)5-8-15)18(23)12-28-17-9-6-14(20)10-16(17)21/h4-10H,3,11-12H2,1-2H3. The molecule has 2 aromatic carbocycles. The van der Waals surface area contributed by atoms with Crippen molar-refractivity contribution in [1.29, 1.82) is 0 Å². The van der Waals surface area contributed by atoms with Crippen molar-refractivity contribution in [3.63, 3.8) is 0 Å². The molecule has 0 saturated heterocycles. The van der Waals surface area contributed by atoms with Gasteiger partial charge in [-0.05, 0) is 44.2 Å². The molecule has 1 amide bonds. The second-order valence-corrected chi connectivity index (χ2v) is 8.59. The largest absolute Gasteiger partial charge is 0.482 e. The Morgan fingerprint density at radius 3 is 2.31 bits per heavy atom. The van der Waals surface area contributed by atoms with E-state index in [-0.39, 0.29) is 22.3 Å². The summed E-state index contributed by atoms with van der Waals surface area (Å²) < 4.78 is 36.4. The third-order valence-corrected chi connectivity index (χ3v) is 6.02. The summed E-state index contributed by atoms with van der Waals surface area (Å²) in [5.41, 5.74) is 0.841. The molecule has 2 aromatic rings. The van der Waals surface area contributed by atoms with E-state index >= 15 is 0 Å². The molecule has 29 heavy (non-hydrogen) atoms. The molecule has 0 atom stereocenters. The first-order valence-corrected chi connectivity index (χ1v) is 10.7. The smallest absolute Gasteiger partial charge is 0.326 e. The van der Waals surface area contributed by atoms with E-state index in [1.807, 2.05) is 0 Å². The maximum atomic E-state index is 12.9. The lowest BCUT2D eigenvalue weighted by molar-refractivity contribution is -0.146. The Balaban J connectivity index is 2.27. The number of benzene rings is 2. The van der Waals surface area contributed by atoms with Crippen LogP contribution < -0.4 is 4.74 Å².